The van der Waals surface area contributed by atoms with Crippen molar-refractivity contribution in [2.45, 2.75) is 24.3 Å². The number of benzene rings is 1. The molecule has 3 aromatic rings. The van der Waals surface area contributed by atoms with Crippen LogP contribution in [0.25, 0.3) is 22.3 Å². The molecule has 156 valence electrons. The normalized spacial score (nSPS) is 11.4. The molecule has 0 radical (unpaired) electrons. The van der Waals surface area contributed by atoms with Gasteiger partial charge in [-0.2, -0.15) is 0 Å². The molecule has 29 heavy (non-hydrogen) atoms. The monoisotopic (exact) mass is 526 g/mol. The topological polar surface area (TPSA) is 59.5 Å². The number of aromatic nitrogens is 2. The zero-order valence-electron chi connectivity index (χ0n) is 17.5. The minimum atomic E-state index is 0.334. The van der Waals surface area contributed by atoms with Crippen molar-refractivity contribution in [2.75, 3.05) is 39.7 Å². The van der Waals surface area contributed by atoms with Gasteiger partial charge in [-0.3, -0.25) is 0 Å². The van der Waals surface area contributed by atoms with E-state index in [-0.39, 0.29) is 0 Å². The van der Waals surface area contributed by atoms with Crippen LogP contribution in [0.5, 0.6) is 11.5 Å². The number of rotatable bonds is 9. The van der Waals surface area contributed by atoms with Gasteiger partial charge >= 0.3 is 0 Å². The van der Waals surface area contributed by atoms with E-state index in [0.717, 1.165) is 55.5 Å². The van der Waals surface area contributed by atoms with Crippen LogP contribution < -0.4 is 14.8 Å². The summed E-state index contributed by atoms with van der Waals surface area (Å²) in [6.45, 7) is 5.70. The van der Waals surface area contributed by atoms with Crippen LogP contribution in [-0.2, 0) is 4.43 Å². The molecule has 1 N–H and O–H groups in total. The van der Waals surface area contributed by atoms with Crippen molar-refractivity contribution >= 4 is 50.0 Å². The highest BCUT2D eigenvalue weighted by Gasteiger charge is 2.16. The first-order chi connectivity index (χ1) is 13.9. The van der Waals surface area contributed by atoms with Crippen LogP contribution in [0.3, 0.4) is 0 Å². The number of hydrogen-bond acceptors (Lipinski definition) is 7. The van der Waals surface area contributed by atoms with Crippen molar-refractivity contribution in [2.24, 2.45) is 0 Å². The highest BCUT2D eigenvalue weighted by Crippen LogP contribution is 2.37. The van der Waals surface area contributed by atoms with Crippen LogP contribution in [0, 0.1) is 0 Å². The van der Waals surface area contributed by atoms with Gasteiger partial charge in [-0.05, 0) is 40.1 Å². The Hall–Kier alpha value is -1.65. The number of hydrogen-bond donors (Lipinski definition) is 1. The lowest BCUT2D eigenvalue weighted by atomic mass is 10.1. The molecule has 0 atom stereocenters. The zero-order valence-corrected chi connectivity index (χ0v) is 20.4. The number of pyridine rings is 1. The average molecular weight is 526 g/mol. The van der Waals surface area contributed by atoms with E-state index in [0.29, 0.717) is 12.6 Å². The summed E-state index contributed by atoms with van der Waals surface area (Å²) in [6.07, 6.45) is 0. The first-order valence-electron chi connectivity index (χ1n) is 9.49. The maximum absolute atomic E-state index is 6.06. The zero-order chi connectivity index (χ0) is 21.0. The minimum Gasteiger partial charge on any atom is -0.496 e. The highest BCUT2D eigenvalue weighted by atomic mass is 127. The quantitative estimate of drug-likeness (QED) is 0.311. The third kappa shape index (κ3) is 5.29. The van der Waals surface area contributed by atoms with Crippen molar-refractivity contribution in [3.05, 3.63) is 29.1 Å². The molecule has 0 aliphatic heterocycles. The van der Waals surface area contributed by atoms with Gasteiger partial charge in [-0.15, -0.1) is 11.3 Å². The van der Waals surface area contributed by atoms with E-state index in [1.807, 2.05) is 37.7 Å². The second kappa shape index (κ2) is 9.90. The summed E-state index contributed by atoms with van der Waals surface area (Å²) in [7, 11) is 5.77. The Kier molecular flexibility index (Phi) is 7.53. The molecular formula is C21H27IN4O2S. The molecule has 0 fully saturated rings. The highest BCUT2D eigenvalue weighted by molar-refractivity contribution is 14.1. The number of thiazole rings is 1. The molecule has 2 aromatic heterocycles. The molecule has 0 unspecified atom stereocenters. The largest absolute Gasteiger partial charge is 0.496 e. The number of methoxy groups -OCH3 is 1. The van der Waals surface area contributed by atoms with E-state index in [2.05, 4.69) is 46.7 Å². The standard InChI is InChI=1S/C21H27IN4O2S/c1-13(2)23-21-25-17(12-29-21)16-10-19(27-5)14-6-7-18(28-9-8-26(3)4)15(11-22)20(14)24-16/h6-7,10,12-13H,8-9,11H2,1-5H3,(H,23,25). The lowest BCUT2D eigenvalue weighted by Crippen LogP contribution is -2.19. The molecule has 6 nitrogen and oxygen atoms in total. The Labute approximate surface area is 189 Å². The molecule has 0 amide bonds. The van der Waals surface area contributed by atoms with E-state index in [4.69, 9.17) is 19.4 Å². The number of nitrogens with zero attached hydrogens (tertiary/aromatic N) is 3. The molecule has 0 aliphatic carbocycles. The van der Waals surface area contributed by atoms with Crippen LogP contribution in [0.2, 0.25) is 0 Å². The molecule has 0 saturated heterocycles. The van der Waals surface area contributed by atoms with Crippen molar-refractivity contribution in [3.63, 3.8) is 0 Å². The number of nitrogens with one attached hydrogen (secondary N) is 1. The summed E-state index contributed by atoms with van der Waals surface area (Å²) < 4.78 is 12.5. The Bertz CT molecular complexity index is 975. The SMILES string of the molecule is COc1cc(-c2csc(NC(C)C)n2)nc2c(CI)c(OCCN(C)C)ccc12. The number of ether oxygens (including phenoxy) is 2. The average Bonchev–Trinajstić information content (AvgIpc) is 3.14. The van der Waals surface area contributed by atoms with E-state index >= 15 is 0 Å². The molecule has 0 spiro atoms. The fraction of sp³-hybridized carbons (Fsp3) is 0.429. The lowest BCUT2D eigenvalue weighted by Gasteiger charge is -2.16. The minimum absolute atomic E-state index is 0.334. The fourth-order valence-electron chi connectivity index (χ4n) is 2.91. The van der Waals surface area contributed by atoms with Crippen LogP contribution in [-0.4, -0.2) is 55.3 Å². The van der Waals surface area contributed by atoms with E-state index in [1.54, 1.807) is 18.4 Å². The lowest BCUT2D eigenvalue weighted by molar-refractivity contribution is 0.260. The Morgan fingerprint density at radius 2 is 1.97 bits per heavy atom. The molecule has 8 heteroatoms. The summed E-state index contributed by atoms with van der Waals surface area (Å²) in [6, 6.07) is 6.34. The van der Waals surface area contributed by atoms with Gasteiger partial charge < -0.3 is 19.7 Å². The summed E-state index contributed by atoms with van der Waals surface area (Å²) in [5, 5.41) is 7.25. The van der Waals surface area contributed by atoms with Gasteiger partial charge in [0.1, 0.15) is 23.8 Å². The van der Waals surface area contributed by atoms with Gasteiger partial charge in [-0.1, -0.05) is 22.6 Å². The van der Waals surface area contributed by atoms with Gasteiger partial charge in [0, 0.05) is 39.4 Å². The van der Waals surface area contributed by atoms with Crippen LogP contribution in [0.1, 0.15) is 19.4 Å². The summed E-state index contributed by atoms with van der Waals surface area (Å²) in [4.78, 5) is 11.8. The Balaban J connectivity index is 2.05. The number of halogens is 1. The molecule has 2 heterocycles. The first-order valence-corrected chi connectivity index (χ1v) is 11.9. The summed E-state index contributed by atoms with van der Waals surface area (Å²) in [5.74, 6) is 1.67. The number of alkyl halides is 1. The first kappa shape index (κ1) is 22.0. The number of likely N-dealkylation sites (N-methyl/N-ethyl adjacent to an activating group) is 1. The molecule has 3 rings (SSSR count). The molecule has 0 saturated carbocycles. The molecular weight excluding hydrogens is 499 g/mol. The van der Waals surface area contributed by atoms with Crippen molar-refractivity contribution < 1.29 is 9.47 Å². The maximum atomic E-state index is 6.06. The van der Waals surface area contributed by atoms with Crippen LogP contribution >= 0.6 is 33.9 Å². The summed E-state index contributed by atoms with van der Waals surface area (Å²) >= 11 is 3.95. The van der Waals surface area contributed by atoms with Gasteiger partial charge in [0.25, 0.3) is 0 Å². The van der Waals surface area contributed by atoms with Crippen LogP contribution in [0.4, 0.5) is 5.13 Å². The maximum Gasteiger partial charge on any atom is 0.183 e. The molecule has 1 aromatic carbocycles. The van der Waals surface area contributed by atoms with Gasteiger partial charge in [-0.25, -0.2) is 9.97 Å². The Morgan fingerprint density at radius 3 is 2.62 bits per heavy atom. The van der Waals surface area contributed by atoms with E-state index < -0.39 is 0 Å². The Morgan fingerprint density at radius 1 is 1.17 bits per heavy atom. The fourth-order valence-corrected chi connectivity index (χ4v) is 4.49. The predicted octanol–water partition coefficient (Wildman–Crippen LogP) is 5.06. The third-order valence-electron chi connectivity index (χ3n) is 4.33. The van der Waals surface area contributed by atoms with E-state index in [1.165, 1.54) is 0 Å². The second-order valence-electron chi connectivity index (χ2n) is 7.27. The van der Waals surface area contributed by atoms with Crippen LogP contribution in [0.15, 0.2) is 23.6 Å². The number of fused-ring (bicyclic) bond motifs is 1. The van der Waals surface area contributed by atoms with Crippen molar-refractivity contribution in [1.29, 1.82) is 0 Å². The predicted molar refractivity (Wildman–Crippen MR) is 130 cm³/mol. The number of anilines is 1. The van der Waals surface area contributed by atoms with Gasteiger partial charge in [0.05, 0.1) is 18.3 Å². The second-order valence-corrected chi connectivity index (χ2v) is 8.89. The smallest absolute Gasteiger partial charge is 0.183 e. The summed E-state index contributed by atoms with van der Waals surface area (Å²) in [5.41, 5.74) is 3.64. The van der Waals surface area contributed by atoms with Crippen molar-refractivity contribution in [1.82, 2.24) is 14.9 Å². The van der Waals surface area contributed by atoms with Crippen molar-refractivity contribution in [3.8, 4) is 22.9 Å². The molecule has 0 bridgehead atoms. The van der Waals surface area contributed by atoms with E-state index in [9.17, 15) is 0 Å². The van der Waals surface area contributed by atoms with Gasteiger partial charge in [0.15, 0.2) is 5.13 Å². The third-order valence-corrected chi connectivity index (χ3v) is 5.87. The molecule has 0 aliphatic rings. The van der Waals surface area contributed by atoms with Gasteiger partial charge in [0.2, 0.25) is 0 Å².